The number of urea groups is 1. The zero-order chi connectivity index (χ0) is 21.5. The number of aromatic nitrogens is 3. The Bertz CT molecular complexity index is 1100. The van der Waals surface area contributed by atoms with Crippen molar-refractivity contribution in [1.82, 2.24) is 19.7 Å². The minimum absolute atomic E-state index is 0.00361. The van der Waals surface area contributed by atoms with Gasteiger partial charge in [-0.05, 0) is 36.2 Å². The zero-order valence-electron chi connectivity index (χ0n) is 15.5. The van der Waals surface area contributed by atoms with Crippen LogP contribution in [0.15, 0.2) is 36.7 Å². The molecule has 0 unspecified atom stereocenters. The molecule has 1 aliphatic heterocycles. The molecule has 6 nitrogen and oxygen atoms in total. The van der Waals surface area contributed by atoms with Crippen molar-refractivity contribution in [1.29, 1.82) is 0 Å². The Morgan fingerprint density at radius 1 is 1.27 bits per heavy atom. The lowest BCUT2D eigenvalue weighted by molar-refractivity contribution is -0.127. The third-order valence-corrected chi connectivity index (χ3v) is 4.68. The number of pyridine rings is 1. The number of rotatable bonds is 3. The van der Waals surface area contributed by atoms with Gasteiger partial charge in [-0.2, -0.15) is 13.2 Å². The number of benzene rings is 1. The molecule has 0 aliphatic carbocycles. The number of fused-ring (bicyclic) bond motifs is 1. The van der Waals surface area contributed by atoms with Crippen molar-refractivity contribution in [2.45, 2.75) is 25.2 Å². The molecule has 0 radical (unpaired) electrons. The summed E-state index contributed by atoms with van der Waals surface area (Å²) >= 11 is 0. The molecule has 0 bridgehead atoms. The van der Waals surface area contributed by atoms with Gasteiger partial charge in [0.1, 0.15) is 17.7 Å². The number of hydrogen-bond donors (Lipinski definition) is 1. The molecule has 1 fully saturated rings. The van der Waals surface area contributed by atoms with E-state index in [0.29, 0.717) is 5.39 Å². The van der Waals surface area contributed by atoms with Crippen molar-refractivity contribution < 1.29 is 26.7 Å². The molecular formula is C19H16F5N5O. The second kappa shape index (κ2) is 7.54. The maximum Gasteiger partial charge on any atom is 0.393 e. The van der Waals surface area contributed by atoms with E-state index >= 15 is 0 Å². The predicted molar refractivity (Wildman–Crippen MR) is 98.7 cm³/mol. The number of likely N-dealkylation sites (tertiary alicyclic amines) is 1. The summed E-state index contributed by atoms with van der Waals surface area (Å²) in [6, 6.07) is 4.60. The molecule has 30 heavy (non-hydrogen) atoms. The summed E-state index contributed by atoms with van der Waals surface area (Å²) in [5, 5.41) is 7.00. The Kier molecular flexibility index (Phi) is 5.04. The smallest absolute Gasteiger partial charge is 0.322 e. The van der Waals surface area contributed by atoms with Crippen LogP contribution in [0.3, 0.4) is 0 Å². The zero-order valence-corrected chi connectivity index (χ0v) is 15.5. The van der Waals surface area contributed by atoms with E-state index in [9.17, 15) is 26.7 Å². The van der Waals surface area contributed by atoms with Crippen LogP contribution in [-0.2, 0) is 6.42 Å². The predicted octanol–water partition coefficient (Wildman–Crippen LogP) is 4.24. The largest absolute Gasteiger partial charge is 0.393 e. The highest BCUT2D eigenvalue weighted by Crippen LogP contribution is 2.25. The maximum atomic E-state index is 14.4. The highest BCUT2D eigenvalue weighted by atomic mass is 19.4. The van der Waals surface area contributed by atoms with Gasteiger partial charge in [-0.3, -0.25) is 0 Å². The van der Waals surface area contributed by atoms with Crippen LogP contribution < -0.4 is 5.32 Å². The number of amides is 2. The number of alkyl halides is 4. The quantitative estimate of drug-likeness (QED) is 0.639. The topological polar surface area (TPSA) is 63.1 Å². The fourth-order valence-corrected chi connectivity index (χ4v) is 3.28. The minimum Gasteiger partial charge on any atom is -0.322 e. The third kappa shape index (κ3) is 4.34. The van der Waals surface area contributed by atoms with Crippen molar-refractivity contribution in [3.05, 3.63) is 48.0 Å². The van der Waals surface area contributed by atoms with Gasteiger partial charge in [0.15, 0.2) is 5.65 Å². The molecule has 1 atom stereocenters. The lowest BCUT2D eigenvalue weighted by Crippen LogP contribution is -2.33. The van der Waals surface area contributed by atoms with Crippen molar-refractivity contribution >= 4 is 22.8 Å². The Morgan fingerprint density at radius 3 is 2.77 bits per heavy atom. The normalized spacial score (nSPS) is 17.0. The lowest BCUT2D eigenvalue weighted by atomic mass is 10.2. The van der Waals surface area contributed by atoms with Gasteiger partial charge in [-0.25, -0.2) is 23.2 Å². The van der Waals surface area contributed by atoms with E-state index < -0.39 is 30.6 Å². The fourth-order valence-electron chi connectivity index (χ4n) is 3.28. The fraction of sp³-hybridized carbons (Fsp3) is 0.316. The maximum absolute atomic E-state index is 14.4. The summed E-state index contributed by atoms with van der Waals surface area (Å²) in [6.07, 6.45) is -3.86. The van der Waals surface area contributed by atoms with E-state index in [1.165, 1.54) is 29.3 Å². The van der Waals surface area contributed by atoms with Crippen LogP contribution in [0, 0.1) is 5.82 Å². The monoisotopic (exact) mass is 425 g/mol. The molecule has 1 aliphatic rings. The van der Waals surface area contributed by atoms with Crippen molar-refractivity contribution in [3.63, 3.8) is 0 Å². The third-order valence-electron chi connectivity index (χ3n) is 4.68. The summed E-state index contributed by atoms with van der Waals surface area (Å²) in [5.41, 5.74) is 0.366. The number of nitrogens with one attached hydrogen (secondary N) is 1. The van der Waals surface area contributed by atoms with Crippen LogP contribution in [0.1, 0.15) is 12.0 Å². The molecule has 0 saturated carbocycles. The number of nitrogens with zero attached hydrogens (tertiary/aromatic N) is 4. The molecule has 11 heteroatoms. The molecule has 1 aromatic carbocycles. The van der Waals surface area contributed by atoms with E-state index in [-0.39, 0.29) is 42.1 Å². The number of carbonyl (C=O) groups is 1. The Balaban J connectivity index is 1.59. The number of carbonyl (C=O) groups excluding carboxylic acids is 1. The van der Waals surface area contributed by atoms with Gasteiger partial charge in [-0.15, -0.1) is 5.10 Å². The first kappa shape index (κ1) is 20.0. The van der Waals surface area contributed by atoms with Crippen LogP contribution in [0.2, 0.25) is 0 Å². The van der Waals surface area contributed by atoms with Crippen LogP contribution in [0.4, 0.5) is 32.4 Å². The van der Waals surface area contributed by atoms with E-state index in [4.69, 9.17) is 0 Å². The van der Waals surface area contributed by atoms with Gasteiger partial charge < -0.3 is 10.2 Å². The first-order chi connectivity index (χ1) is 14.2. The number of anilines is 1. The van der Waals surface area contributed by atoms with Crippen molar-refractivity contribution in [2.75, 3.05) is 18.4 Å². The summed E-state index contributed by atoms with van der Waals surface area (Å²) < 4.78 is 66.6. The Hall–Kier alpha value is -3.24. The average molecular weight is 425 g/mol. The molecule has 4 rings (SSSR count). The van der Waals surface area contributed by atoms with Gasteiger partial charge in [-0.1, -0.05) is 0 Å². The standard InChI is InChI=1S/C19H16F5N5O/c20-13-3-4-28(10-13)18(30)26-14-1-2-15(21)16(6-14)29-9-12-5-11(7-19(22,23)24)8-25-17(12)27-29/h1-2,5-6,8-9,13H,3-4,7,10H2,(H,26,30)/t13-/m1/s1. The SMILES string of the molecule is O=C(Nc1ccc(F)c(-n2cc3cc(CC(F)(F)F)cnc3n2)c1)N1CC[C@@H](F)C1. The van der Waals surface area contributed by atoms with Crippen LogP contribution in [-0.4, -0.2) is 51.1 Å². The molecule has 0 spiro atoms. The molecular weight excluding hydrogens is 409 g/mol. The summed E-state index contributed by atoms with van der Waals surface area (Å²) in [7, 11) is 0. The average Bonchev–Trinajstić information content (AvgIpc) is 3.27. The van der Waals surface area contributed by atoms with Gasteiger partial charge in [0, 0.05) is 30.0 Å². The van der Waals surface area contributed by atoms with Crippen molar-refractivity contribution in [2.24, 2.45) is 0 Å². The Morgan fingerprint density at radius 2 is 2.07 bits per heavy atom. The molecule has 3 aromatic rings. The first-order valence-corrected chi connectivity index (χ1v) is 9.09. The molecule has 2 amide bonds. The van der Waals surface area contributed by atoms with Crippen molar-refractivity contribution in [3.8, 4) is 5.69 Å². The number of hydrogen-bond acceptors (Lipinski definition) is 3. The highest BCUT2D eigenvalue weighted by molar-refractivity contribution is 5.90. The van der Waals surface area contributed by atoms with Crippen LogP contribution in [0.5, 0.6) is 0 Å². The molecule has 1 saturated heterocycles. The van der Waals surface area contributed by atoms with Crippen LogP contribution >= 0.6 is 0 Å². The minimum atomic E-state index is -4.37. The first-order valence-electron chi connectivity index (χ1n) is 9.09. The number of halogens is 5. The van der Waals surface area contributed by atoms with Gasteiger partial charge in [0.05, 0.1) is 13.0 Å². The van der Waals surface area contributed by atoms with E-state index in [1.807, 2.05) is 0 Å². The van der Waals surface area contributed by atoms with E-state index in [1.54, 1.807) is 0 Å². The second-order valence-electron chi connectivity index (χ2n) is 7.05. The molecule has 158 valence electrons. The molecule has 3 heterocycles. The highest BCUT2D eigenvalue weighted by Gasteiger charge is 2.28. The van der Waals surface area contributed by atoms with Gasteiger partial charge in [0.25, 0.3) is 0 Å². The van der Waals surface area contributed by atoms with Gasteiger partial charge in [0.2, 0.25) is 0 Å². The summed E-state index contributed by atoms with van der Waals surface area (Å²) in [4.78, 5) is 17.4. The summed E-state index contributed by atoms with van der Waals surface area (Å²) in [6.45, 7) is 0.286. The Labute approximate surface area is 167 Å². The van der Waals surface area contributed by atoms with Gasteiger partial charge >= 0.3 is 12.2 Å². The summed E-state index contributed by atoms with van der Waals surface area (Å²) in [5.74, 6) is -0.652. The van der Waals surface area contributed by atoms with Crippen LogP contribution in [0.25, 0.3) is 16.7 Å². The molecule has 1 N–H and O–H groups in total. The van der Waals surface area contributed by atoms with E-state index in [0.717, 1.165) is 16.9 Å². The molecule has 2 aromatic heterocycles. The lowest BCUT2D eigenvalue weighted by Gasteiger charge is -2.16. The second-order valence-corrected chi connectivity index (χ2v) is 7.05. The van der Waals surface area contributed by atoms with E-state index in [2.05, 4.69) is 15.4 Å².